The molecule has 8 nitrogen and oxygen atoms in total. The first-order chi connectivity index (χ1) is 12.3. The largest absolute Gasteiger partial charge is 0.407 e. The highest BCUT2D eigenvalue weighted by atomic mass is 16.5. The Morgan fingerprint density at radius 2 is 2.12 bits per heavy atom. The summed E-state index contributed by atoms with van der Waals surface area (Å²) in [7, 11) is 1.85. The average Bonchev–Trinajstić information content (AvgIpc) is 3.33. The molecule has 25 heavy (non-hydrogen) atoms. The van der Waals surface area contributed by atoms with E-state index in [2.05, 4.69) is 30.6 Å². The number of piperidine rings is 1. The summed E-state index contributed by atoms with van der Waals surface area (Å²) in [4.78, 5) is 6.68. The van der Waals surface area contributed by atoms with E-state index in [0.717, 1.165) is 31.5 Å². The summed E-state index contributed by atoms with van der Waals surface area (Å²) in [6.45, 7) is 2.18. The van der Waals surface area contributed by atoms with E-state index in [1.54, 1.807) is 0 Å². The highest BCUT2D eigenvalue weighted by Crippen LogP contribution is 2.29. The predicted octanol–water partition coefficient (Wildman–Crippen LogP) is 2.22. The highest BCUT2D eigenvalue weighted by Gasteiger charge is 2.28. The second kappa shape index (κ2) is 7.02. The molecule has 8 heteroatoms. The lowest BCUT2D eigenvalue weighted by Gasteiger charge is -2.29. The van der Waals surface area contributed by atoms with Gasteiger partial charge < -0.3 is 19.2 Å². The van der Waals surface area contributed by atoms with Crippen LogP contribution in [0.15, 0.2) is 39.3 Å². The lowest BCUT2D eigenvalue weighted by molar-refractivity contribution is 0.328. The molecule has 0 aliphatic carbocycles. The fourth-order valence-electron chi connectivity index (χ4n) is 3.05. The molecule has 1 aromatic carbocycles. The maximum absolute atomic E-state index is 5.70. The van der Waals surface area contributed by atoms with Crippen LogP contribution < -0.4 is 10.2 Å². The van der Waals surface area contributed by atoms with Crippen LogP contribution in [0.2, 0.25) is 0 Å². The zero-order valence-corrected chi connectivity index (χ0v) is 14.1. The van der Waals surface area contributed by atoms with Gasteiger partial charge in [-0.3, -0.25) is 0 Å². The average molecular weight is 340 g/mol. The van der Waals surface area contributed by atoms with Gasteiger partial charge >= 0.3 is 6.01 Å². The third kappa shape index (κ3) is 3.39. The minimum absolute atomic E-state index is 0.165. The first-order valence-electron chi connectivity index (χ1n) is 8.44. The molecule has 0 bridgehead atoms. The predicted molar refractivity (Wildman–Crippen MR) is 91.0 cm³/mol. The topological polar surface area (TPSA) is 93.1 Å². The van der Waals surface area contributed by atoms with Gasteiger partial charge in [0.15, 0.2) is 0 Å². The van der Waals surface area contributed by atoms with Gasteiger partial charge in [-0.25, -0.2) is 0 Å². The molecule has 130 valence electrons. The zero-order chi connectivity index (χ0) is 17.1. The van der Waals surface area contributed by atoms with Crippen molar-refractivity contribution in [1.82, 2.24) is 25.7 Å². The number of rotatable bonds is 5. The van der Waals surface area contributed by atoms with E-state index >= 15 is 0 Å². The molecule has 1 fully saturated rings. The van der Waals surface area contributed by atoms with Crippen LogP contribution in [-0.4, -0.2) is 40.5 Å². The van der Waals surface area contributed by atoms with Crippen molar-refractivity contribution in [2.24, 2.45) is 0 Å². The fourth-order valence-corrected chi connectivity index (χ4v) is 3.05. The maximum atomic E-state index is 5.70. The van der Waals surface area contributed by atoms with Crippen molar-refractivity contribution in [2.75, 3.05) is 25.0 Å². The molecular formula is C17H20N6O2. The quantitative estimate of drug-likeness (QED) is 0.756. The Bertz CT molecular complexity index is 815. The molecule has 1 atom stereocenters. The van der Waals surface area contributed by atoms with Crippen molar-refractivity contribution in [1.29, 1.82) is 0 Å². The molecule has 1 aliphatic heterocycles. The zero-order valence-electron chi connectivity index (χ0n) is 14.1. The van der Waals surface area contributed by atoms with Gasteiger partial charge in [-0.1, -0.05) is 40.6 Å². The molecule has 1 aliphatic rings. The second-order valence-corrected chi connectivity index (χ2v) is 6.12. The van der Waals surface area contributed by atoms with Crippen molar-refractivity contribution in [2.45, 2.75) is 25.3 Å². The van der Waals surface area contributed by atoms with Gasteiger partial charge in [0.25, 0.3) is 0 Å². The van der Waals surface area contributed by atoms with E-state index in [9.17, 15) is 0 Å². The molecule has 4 rings (SSSR count). The summed E-state index contributed by atoms with van der Waals surface area (Å²) in [6, 6.07) is 10.4. The van der Waals surface area contributed by atoms with Gasteiger partial charge in [0.2, 0.25) is 17.6 Å². The SMILES string of the molecule is CNCc1nnc(N2CCCC(c3nc(-c4ccccc4)no3)C2)o1. The number of nitrogens with zero attached hydrogens (tertiary/aromatic N) is 5. The van der Waals surface area contributed by atoms with E-state index in [1.165, 1.54) is 0 Å². The van der Waals surface area contributed by atoms with Crippen molar-refractivity contribution in [3.8, 4) is 11.4 Å². The summed E-state index contributed by atoms with van der Waals surface area (Å²) in [5, 5.41) is 15.3. The molecule has 1 unspecified atom stereocenters. The molecular weight excluding hydrogens is 320 g/mol. The molecule has 0 saturated carbocycles. The van der Waals surface area contributed by atoms with Gasteiger partial charge in [0.1, 0.15) is 0 Å². The van der Waals surface area contributed by atoms with Crippen LogP contribution in [-0.2, 0) is 6.54 Å². The van der Waals surface area contributed by atoms with E-state index in [0.29, 0.717) is 30.2 Å². The summed E-state index contributed by atoms with van der Waals surface area (Å²) >= 11 is 0. The Morgan fingerprint density at radius 3 is 2.96 bits per heavy atom. The molecule has 1 N–H and O–H groups in total. The Labute approximate surface area is 145 Å². The number of aromatic nitrogens is 4. The number of hydrogen-bond donors (Lipinski definition) is 1. The first kappa shape index (κ1) is 15.8. The fraction of sp³-hybridized carbons (Fsp3) is 0.412. The first-order valence-corrected chi connectivity index (χ1v) is 8.44. The smallest absolute Gasteiger partial charge is 0.318 e. The van der Waals surface area contributed by atoms with Gasteiger partial charge in [0, 0.05) is 18.7 Å². The van der Waals surface area contributed by atoms with Gasteiger partial charge in [-0.15, -0.1) is 5.10 Å². The number of nitrogens with one attached hydrogen (secondary N) is 1. The standard InChI is InChI=1S/C17H20N6O2/c1-18-10-14-20-21-17(24-14)23-9-5-8-13(11-23)16-19-15(22-25-16)12-6-3-2-4-7-12/h2-4,6-7,13,18H,5,8-11H2,1H3. The molecule has 3 aromatic rings. The Morgan fingerprint density at radius 1 is 1.24 bits per heavy atom. The normalized spacial score (nSPS) is 17.8. The van der Waals surface area contributed by atoms with E-state index in [1.807, 2.05) is 37.4 Å². The van der Waals surface area contributed by atoms with Crippen molar-refractivity contribution >= 4 is 6.01 Å². The lowest BCUT2D eigenvalue weighted by Crippen LogP contribution is -2.34. The Kier molecular flexibility index (Phi) is 4.43. The van der Waals surface area contributed by atoms with Crippen LogP contribution in [0.1, 0.15) is 30.5 Å². The molecule has 0 spiro atoms. The van der Waals surface area contributed by atoms with Gasteiger partial charge in [-0.2, -0.15) is 4.98 Å². The highest BCUT2D eigenvalue weighted by molar-refractivity contribution is 5.53. The van der Waals surface area contributed by atoms with E-state index < -0.39 is 0 Å². The number of anilines is 1. The lowest BCUT2D eigenvalue weighted by atomic mass is 9.98. The molecule has 3 heterocycles. The van der Waals surface area contributed by atoms with Gasteiger partial charge in [-0.05, 0) is 19.9 Å². The van der Waals surface area contributed by atoms with Crippen LogP contribution in [0.4, 0.5) is 6.01 Å². The third-order valence-corrected chi connectivity index (χ3v) is 4.30. The summed E-state index contributed by atoms with van der Waals surface area (Å²) in [6.07, 6.45) is 2.02. The van der Waals surface area contributed by atoms with Crippen molar-refractivity contribution in [3.05, 3.63) is 42.1 Å². The van der Waals surface area contributed by atoms with Crippen LogP contribution in [0.3, 0.4) is 0 Å². The third-order valence-electron chi connectivity index (χ3n) is 4.30. The van der Waals surface area contributed by atoms with Crippen molar-refractivity contribution in [3.63, 3.8) is 0 Å². The minimum Gasteiger partial charge on any atom is -0.407 e. The summed E-state index contributed by atoms with van der Waals surface area (Å²) in [5.41, 5.74) is 0.957. The van der Waals surface area contributed by atoms with Crippen LogP contribution >= 0.6 is 0 Å². The maximum Gasteiger partial charge on any atom is 0.318 e. The molecule has 2 aromatic heterocycles. The molecule has 1 saturated heterocycles. The van der Waals surface area contributed by atoms with Crippen LogP contribution in [0, 0.1) is 0 Å². The van der Waals surface area contributed by atoms with Gasteiger partial charge in [0.05, 0.1) is 12.5 Å². The summed E-state index contributed by atoms with van der Waals surface area (Å²) in [5.74, 6) is 2.04. The monoisotopic (exact) mass is 340 g/mol. The Balaban J connectivity index is 1.48. The van der Waals surface area contributed by atoms with Crippen LogP contribution in [0.5, 0.6) is 0 Å². The van der Waals surface area contributed by atoms with Crippen molar-refractivity contribution < 1.29 is 8.94 Å². The molecule has 0 amide bonds. The second-order valence-electron chi connectivity index (χ2n) is 6.12. The van der Waals surface area contributed by atoms with E-state index in [-0.39, 0.29) is 5.92 Å². The number of benzene rings is 1. The van der Waals surface area contributed by atoms with E-state index in [4.69, 9.17) is 8.94 Å². The number of hydrogen-bond acceptors (Lipinski definition) is 8. The molecule has 0 radical (unpaired) electrons. The van der Waals surface area contributed by atoms with Crippen LogP contribution in [0.25, 0.3) is 11.4 Å². The minimum atomic E-state index is 0.165. The summed E-state index contributed by atoms with van der Waals surface area (Å²) < 4.78 is 11.2. The Hall–Kier alpha value is -2.74.